The zero-order chi connectivity index (χ0) is 21.1. The van der Waals surface area contributed by atoms with E-state index in [4.69, 9.17) is 14.2 Å². The summed E-state index contributed by atoms with van der Waals surface area (Å²) >= 11 is 0. The van der Waals surface area contributed by atoms with Crippen molar-refractivity contribution in [2.75, 3.05) is 33.2 Å². The summed E-state index contributed by atoms with van der Waals surface area (Å²) in [6.07, 6.45) is 6.86. The van der Waals surface area contributed by atoms with Gasteiger partial charge in [0.2, 0.25) is 12.7 Å². The molecule has 0 bridgehead atoms. The summed E-state index contributed by atoms with van der Waals surface area (Å²) in [6.45, 7) is 2.94. The van der Waals surface area contributed by atoms with Crippen LogP contribution in [0.1, 0.15) is 30.4 Å². The fraction of sp³-hybridized carbons (Fsp3) is 0.500. The van der Waals surface area contributed by atoms with E-state index in [1.807, 2.05) is 18.2 Å². The number of nitrogens with zero attached hydrogens (tertiary/aromatic N) is 2. The lowest BCUT2D eigenvalue weighted by Gasteiger charge is -2.32. The van der Waals surface area contributed by atoms with Crippen molar-refractivity contribution in [2.24, 2.45) is 5.92 Å². The van der Waals surface area contributed by atoms with Crippen LogP contribution in [0.25, 0.3) is 0 Å². The number of likely N-dealkylation sites (tertiary alicyclic amines) is 1. The van der Waals surface area contributed by atoms with Crippen molar-refractivity contribution >= 4 is 9.84 Å². The van der Waals surface area contributed by atoms with E-state index < -0.39 is 9.84 Å². The second-order valence-corrected chi connectivity index (χ2v) is 9.94. The highest BCUT2D eigenvalue weighted by Crippen LogP contribution is 2.41. The Bertz CT molecular complexity index is 1000. The van der Waals surface area contributed by atoms with Crippen LogP contribution in [0, 0.1) is 5.92 Å². The lowest BCUT2D eigenvalue weighted by molar-refractivity contribution is 0.170. The van der Waals surface area contributed by atoms with Crippen molar-refractivity contribution < 1.29 is 22.6 Å². The molecule has 0 saturated carbocycles. The number of sulfone groups is 1. The number of hydrogen-bond acceptors (Lipinski definition) is 7. The van der Waals surface area contributed by atoms with Gasteiger partial charge in [-0.05, 0) is 62.4 Å². The molecule has 2 aliphatic rings. The molecule has 162 valence electrons. The maximum atomic E-state index is 12.4. The van der Waals surface area contributed by atoms with Crippen LogP contribution in [-0.2, 0) is 22.8 Å². The molecule has 0 spiro atoms. The van der Waals surface area contributed by atoms with Crippen molar-refractivity contribution in [2.45, 2.75) is 37.1 Å². The topological polar surface area (TPSA) is 78.0 Å². The van der Waals surface area contributed by atoms with Gasteiger partial charge >= 0.3 is 0 Å². The minimum absolute atomic E-state index is 0.0709. The van der Waals surface area contributed by atoms with Gasteiger partial charge < -0.3 is 14.2 Å². The molecule has 2 aliphatic heterocycles. The number of hydrogen-bond donors (Lipinski definition) is 0. The fourth-order valence-corrected chi connectivity index (χ4v) is 5.50. The van der Waals surface area contributed by atoms with E-state index in [2.05, 4.69) is 16.0 Å². The highest BCUT2D eigenvalue weighted by molar-refractivity contribution is 7.90. The highest BCUT2D eigenvalue weighted by Gasteiger charge is 2.28. The molecule has 2 aromatic rings. The summed E-state index contributed by atoms with van der Waals surface area (Å²) in [7, 11) is -1.74. The van der Waals surface area contributed by atoms with Crippen molar-refractivity contribution in [3.63, 3.8) is 0 Å². The molecule has 30 heavy (non-hydrogen) atoms. The lowest BCUT2D eigenvalue weighted by atomic mass is 9.90. The average Bonchev–Trinajstić information content (AvgIpc) is 3.21. The van der Waals surface area contributed by atoms with Gasteiger partial charge in [-0.1, -0.05) is 12.1 Å². The zero-order valence-corrected chi connectivity index (χ0v) is 18.3. The van der Waals surface area contributed by atoms with E-state index in [-0.39, 0.29) is 6.79 Å². The Morgan fingerprint density at radius 1 is 1.17 bits per heavy atom. The molecule has 1 fully saturated rings. The van der Waals surface area contributed by atoms with Crippen molar-refractivity contribution in [3.8, 4) is 17.4 Å². The van der Waals surface area contributed by atoms with E-state index in [1.165, 1.54) is 6.26 Å². The van der Waals surface area contributed by atoms with Crippen molar-refractivity contribution in [1.82, 2.24) is 9.88 Å². The minimum Gasteiger partial charge on any atom is -0.481 e. The second-order valence-electron chi connectivity index (χ2n) is 7.99. The Hall–Kier alpha value is -2.32. The van der Waals surface area contributed by atoms with Crippen molar-refractivity contribution in [3.05, 3.63) is 41.6 Å². The molecule has 1 aromatic carbocycles. The van der Waals surface area contributed by atoms with Crippen LogP contribution in [0.2, 0.25) is 0 Å². The predicted molar refractivity (Wildman–Crippen MR) is 113 cm³/mol. The molecular weight excluding hydrogens is 404 g/mol. The molecule has 0 amide bonds. The quantitative estimate of drug-likeness (QED) is 0.665. The number of methoxy groups -OCH3 is 1. The number of fused-ring (bicyclic) bond motifs is 1. The largest absolute Gasteiger partial charge is 0.481 e. The average molecular weight is 433 g/mol. The molecule has 0 N–H and O–H groups in total. The second kappa shape index (κ2) is 8.81. The molecule has 0 aliphatic carbocycles. The van der Waals surface area contributed by atoms with Gasteiger partial charge in [-0.2, -0.15) is 0 Å². The van der Waals surface area contributed by atoms with Gasteiger partial charge in [-0.25, -0.2) is 13.4 Å². The van der Waals surface area contributed by atoms with Crippen LogP contribution in [0.5, 0.6) is 17.4 Å². The van der Waals surface area contributed by atoms with Crippen LogP contribution >= 0.6 is 0 Å². The summed E-state index contributed by atoms with van der Waals surface area (Å²) in [5.74, 6) is 2.15. The van der Waals surface area contributed by atoms with Gasteiger partial charge in [0, 0.05) is 24.6 Å². The molecule has 1 aromatic heterocycles. The van der Waals surface area contributed by atoms with Gasteiger partial charge in [0.15, 0.2) is 21.3 Å². The van der Waals surface area contributed by atoms with Crippen LogP contribution in [0.15, 0.2) is 35.4 Å². The third-order valence-corrected chi connectivity index (χ3v) is 7.10. The van der Waals surface area contributed by atoms with Gasteiger partial charge in [0.1, 0.15) is 4.90 Å². The number of benzene rings is 1. The smallest absolute Gasteiger partial charge is 0.231 e. The maximum absolute atomic E-state index is 12.4. The van der Waals surface area contributed by atoms with E-state index in [9.17, 15) is 8.42 Å². The lowest BCUT2D eigenvalue weighted by Crippen LogP contribution is -2.33. The summed E-state index contributed by atoms with van der Waals surface area (Å²) in [6, 6.07) is 7.68. The molecule has 0 atom stereocenters. The molecule has 3 heterocycles. The van der Waals surface area contributed by atoms with Crippen LogP contribution in [0.4, 0.5) is 0 Å². The first-order chi connectivity index (χ1) is 14.5. The molecule has 7 nitrogen and oxygen atoms in total. The first kappa shape index (κ1) is 20.9. The van der Waals surface area contributed by atoms with Gasteiger partial charge in [-0.3, -0.25) is 4.90 Å². The number of piperidine rings is 1. The number of aromatic nitrogens is 1. The van der Waals surface area contributed by atoms with Crippen LogP contribution < -0.4 is 14.2 Å². The molecule has 1 saturated heterocycles. The summed E-state index contributed by atoms with van der Waals surface area (Å²) in [4.78, 5) is 7.00. The number of rotatable bonds is 7. The summed E-state index contributed by atoms with van der Waals surface area (Å²) < 4.78 is 40.9. The van der Waals surface area contributed by atoms with Crippen LogP contribution in [0.3, 0.4) is 0 Å². The van der Waals surface area contributed by atoms with Crippen molar-refractivity contribution in [1.29, 1.82) is 0 Å². The van der Waals surface area contributed by atoms with Gasteiger partial charge in [-0.15, -0.1) is 0 Å². The molecule has 0 unspecified atom stereocenters. The third-order valence-electron chi connectivity index (χ3n) is 5.91. The summed E-state index contributed by atoms with van der Waals surface area (Å²) in [5.41, 5.74) is 1.93. The number of pyridine rings is 1. The standard InChI is InChI=1S/C22H28N2O5S/c1-27-22-18(4-3-11-23-22)14-24-12-9-16(10-13-24)5-6-17-7-8-19-20(29-15-28-19)21(17)30(2,25)26/h3-4,7-8,11,16H,5-6,9-10,12-15H2,1-2H3. The highest BCUT2D eigenvalue weighted by atomic mass is 32.2. The van der Waals surface area contributed by atoms with Gasteiger partial charge in [0.25, 0.3) is 0 Å². The van der Waals surface area contributed by atoms with E-state index in [1.54, 1.807) is 13.3 Å². The first-order valence-corrected chi connectivity index (χ1v) is 12.2. The van der Waals surface area contributed by atoms with E-state index in [0.29, 0.717) is 28.2 Å². The predicted octanol–water partition coefficient (Wildman–Crippen LogP) is 3.07. The Morgan fingerprint density at radius 3 is 2.70 bits per heavy atom. The number of aryl methyl sites for hydroxylation is 1. The minimum atomic E-state index is -3.39. The van der Waals surface area contributed by atoms with E-state index in [0.717, 1.165) is 56.4 Å². The number of ether oxygens (including phenoxy) is 3. The van der Waals surface area contributed by atoms with E-state index >= 15 is 0 Å². The maximum Gasteiger partial charge on any atom is 0.231 e. The Morgan fingerprint density at radius 2 is 1.97 bits per heavy atom. The Labute approximate surface area is 177 Å². The molecule has 0 radical (unpaired) electrons. The normalized spacial score (nSPS) is 17.3. The first-order valence-electron chi connectivity index (χ1n) is 10.3. The fourth-order valence-electron chi connectivity index (χ4n) is 4.35. The third kappa shape index (κ3) is 4.54. The summed E-state index contributed by atoms with van der Waals surface area (Å²) in [5, 5.41) is 0. The molecule has 8 heteroatoms. The monoisotopic (exact) mass is 432 g/mol. The van der Waals surface area contributed by atoms with Crippen LogP contribution in [-0.4, -0.2) is 51.5 Å². The Balaban J connectivity index is 1.36. The molecular formula is C22H28N2O5S. The molecule has 4 rings (SSSR count). The zero-order valence-electron chi connectivity index (χ0n) is 17.5. The van der Waals surface area contributed by atoms with Gasteiger partial charge in [0.05, 0.1) is 7.11 Å². The Kier molecular flexibility index (Phi) is 6.15. The SMILES string of the molecule is COc1ncccc1CN1CCC(CCc2ccc3c(c2S(C)(=O)=O)OCO3)CC1.